The van der Waals surface area contributed by atoms with E-state index in [-0.39, 0.29) is 0 Å². The number of rotatable bonds is 5. The topological polar surface area (TPSA) is 12.0 Å². The van der Waals surface area contributed by atoms with Crippen molar-refractivity contribution < 1.29 is 0 Å². The molecule has 15 heavy (non-hydrogen) atoms. The SMILES string of the molecule is CCCNC(C)Cc1c(C)cccc1C. The summed E-state index contributed by atoms with van der Waals surface area (Å²) in [6.07, 6.45) is 2.34. The Morgan fingerprint density at radius 3 is 2.33 bits per heavy atom. The number of hydrogen-bond donors (Lipinski definition) is 1. The van der Waals surface area contributed by atoms with Crippen LogP contribution in [0.4, 0.5) is 0 Å². The Bertz CT molecular complexity index is 284. The molecule has 1 unspecified atom stereocenters. The molecule has 0 heterocycles. The Morgan fingerprint density at radius 2 is 1.80 bits per heavy atom. The molecular formula is C14H23N. The lowest BCUT2D eigenvalue weighted by Crippen LogP contribution is -2.29. The van der Waals surface area contributed by atoms with Gasteiger partial charge in [0, 0.05) is 6.04 Å². The summed E-state index contributed by atoms with van der Waals surface area (Å²) in [4.78, 5) is 0. The van der Waals surface area contributed by atoms with Gasteiger partial charge in [-0.3, -0.25) is 0 Å². The van der Waals surface area contributed by atoms with Crippen molar-refractivity contribution in [2.24, 2.45) is 0 Å². The van der Waals surface area contributed by atoms with Crippen LogP contribution in [0.1, 0.15) is 37.0 Å². The van der Waals surface area contributed by atoms with Gasteiger partial charge >= 0.3 is 0 Å². The van der Waals surface area contributed by atoms with Crippen LogP contribution >= 0.6 is 0 Å². The summed E-state index contributed by atoms with van der Waals surface area (Å²) in [5.41, 5.74) is 4.34. The number of benzene rings is 1. The van der Waals surface area contributed by atoms with E-state index in [0.29, 0.717) is 6.04 Å². The summed E-state index contributed by atoms with van der Waals surface area (Å²) < 4.78 is 0. The smallest absolute Gasteiger partial charge is 0.00793 e. The van der Waals surface area contributed by atoms with Gasteiger partial charge in [-0.2, -0.15) is 0 Å². The summed E-state index contributed by atoms with van der Waals surface area (Å²) in [6, 6.07) is 7.12. The summed E-state index contributed by atoms with van der Waals surface area (Å²) in [5.74, 6) is 0. The highest BCUT2D eigenvalue weighted by Gasteiger charge is 2.06. The van der Waals surface area contributed by atoms with Crippen LogP contribution in [0.25, 0.3) is 0 Å². The number of nitrogens with one attached hydrogen (secondary N) is 1. The summed E-state index contributed by atoms with van der Waals surface area (Å²) in [5, 5.41) is 3.54. The molecule has 0 aliphatic rings. The molecule has 0 amide bonds. The Hall–Kier alpha value is -0.820. The van der Waals surface area contributed by atoms with E-state index >= 15 is 0 Å². The van der Waals surface area contributed by atoms with Gasteiger partial charge in [0.05, 0.1) is 0 Å². The van der Waals surface area contributed by atoms with Crippen LogP contribution < -0.4 is 5.32 Å². The van der Waals surface area contributed by atoms with Crippen molar-refractivity contribution in [3.8, 4) is 0 Å². The highest BCUT2D eigenvalue weighted by Crippen LogP contribution is 2.15. The maximum absolute atomic E-state index is 3.54. The second-order valence-corrected chi connectivity index (χ2v) is 4.43. The van der Waals surface area contributed by atoms with Crippen LogP contribution in [0.15, 0.2) is 18.2 Å². The van der Waals surface area contributed by atoms with E-state index in [2.05, 4.69) is 51.2 Å². The van der Waals surface area contributed by atoms with Gasteiger partial charge in [-0.25, -0.2) is 0 Å². The molecule has 0 bridgehead atoms. The molecule has 1 N–H and O–H groups in total. The summed E-state index contributed by atoms with van der Waals surface area (Å²) in [7, 11) is 0. The van der Waals surface area contributed by atoms with Crippen molar-refractivity contribution in [3.63, 3.8) is 0 Å². The number of hydrogen-bond acceptors (Lipinski definition) is 1. The van der Waals surface area contributed by atoms with Gasteiger partial charge in [0.1, 0.15) is 0 Å². The van der Waals surface area contributed by atoms with Crippen molar-refractivity contribution in [3.05, 3.63) is 34.9 Å². The van der Waals surface area contributed by atoms with E-state index in [0.717, 1.165) is 13.0 Å². The lowest BCUT2D eigenvalue weighted by molar-refractivity contribution is 0.542. The summed E-state index contributed by atoms with van der Waals surface area (Å²) >= 11 is 0. The third-order valence-electron chi connectivity index (χ3n) is 2.90. The monoisotopic (exact) mass is 205 g/mol. The van der Waals surface area contributed by atoms with Crippen LogP contribution in [0, 0.1) is 13.8 Å². The van der Waals surface area contributed by atoms with Gasteiger partial charge in [-0.05, 0) is 56.8 Å². The first-order valence-corrected chi connectivity index (χ1v) is 5.93. The molecule has 84 valence electrons. The van der Waals surface area contributed by atoms with Crippen LogP contribution in [0.3, 0.4) is 0 Å². The fraction of sp³-hybridized carbons (Fsp3) is 0.571. The highest BCUT2D eigenvalue weighted by molar-refractivity contribution is 5.34. The molecular weight excluding hydrogens is 182 g/mol. The minimum absolute atomic E-state index is 0.574. The molecule has 1 atom stereocenters. The normalized spacial score (nSPS) is 12.8. The molecule has 0 aliphatic heterocycles. The van der Waals surface area contributed by atoms with Gasteiger partial charge in [0.2, 0.25) is 0 Å². The zero-order chi connectivity index (χ0) is 11.3. The molecule has 0 fully saturated rings. The van der Waals surface area contributed by atoms with Crippen molar-refractivity contribution in [1.29, 1.82) is 0 Å². The van der Waals surface area contributed by atoms with Gasteiger partial charge in [-0.15, -0.1) is 0 Å². The predicted octanol–water partition coefficient (Wildman–Crippen LogP) is 3.23. The zero-order valence-corrected chi connectivity index (χ0v) is 10.4. The van der Waals surface area contributed by atoms with Gasteiger partial charge < -0.3 is 5.32 Å². The van der Waals surface area contributed by atoms with Crippen LogP contribution in [-0.2, 0) is 6.42 Å². The van der Waals surface area contributed by atoms with Crippen LogP contribution in [-0.4, -0.2) is 12.6 Å². The molecule has 1 heteroatoms. The van der Waals surface area contributed by atoms with Crippen LogP contribution in [0.2, 0.25) is 0 Å². The number of aryl methyl sites for hydroxylation is 2. The Morgan fingerprint density at radius 1 is 1.20 bits per heavy atom. The molecule has 1 aromatic rings. The maximum atomic E-state index is 3.54. The largest absolute Gasteiger partial charge is 0.314 e. The zero-order valence-electron chi connectivity index (χ0n) is 10.4. The maximum Gasteiger partial charge on any atom is 0.00793 e. The van der Waals surface area contributed by atoms with Crippen molar-refractivity contribution in [1.82, 2.24) is 5.32 Å². The van der Waals surface area contributed by atoms with Crippen LogP contribution in [0.5, 0.6) is 0 Å². The quantitative estimate of drug-likeness (QED) is 0.778. The van der Waals surface area contributed by atoms with Gasteiger partial charge in [-0.1, -0.05) is 25.1 Å². The lowest BCUT2D eigenvalue weighted by atomic mass is 9.97. The molecule has 1 nitrogen and oxygen atoms in total. The third kappa shape index (κ3) is 3.67. The van der Waals surface area contributed by atoms with E-state index < -0.39 is 0 Å². The van der Waals surface area contributed by atoms with Crippen molar-refractivity contribution in [2.45, 2.75) is 46.6 Å². The molecule has 1 aromatic carbocycles. The van der Waals surface area contributed by atoms with Gasteiger partial charge in [0.15, 0.2) is 0 Å². The molecule has 0 aliphatic carbocycles. The molecule has 1 rings (SSSR count). The first-order chi connectivity index (χ1) is 7.15. The molecule has 0 aromatic heterocycles. The first-order valence-electron chi connectivity index (χ1n) is 5.93. The molecule has 0 spiro atoms. The van der Waals surface area contributed by atoms with Crippen molar-refractivity contribution in [2.75, 3.05) is 6.54 Å². The predicted molar refractivity (Wildman–Crippen MR) is 67.4 cm³/mol. The molecule has 0 saturated heterocycles. The average molecular weight is 205 g/mol. The fourth-order valence-corrected chi connectivity index (χ4v) is 1.94. The second kappa shape index (κ2) is 5.92. The standard InChI is InChI=1S/C14H23N/c1-5-9-15-13(4)10-14-11(2)7-6-8-12(14)3/h6-8,13,15H,5,9-10H2,1-4H3. The summed E-state index contributed by atoms with van der Waals surface area (Å²) in [6.45, 7) is 10.00. The molecule has 0 radical (unpaired) electrons. The second-order valence-electron chi connectivity index (χ2n) is 4.43. The van der Waals surface area contributed by atoms with E-state index in [9.17, 15) is 0 Å². The lowest BCUT2D eigenvalue weighted by Gasteiger charge is -2.16. The van der Waals surface area contributed by atoms with Gasteiger partial charge in [0.25, 0.3) is 0 Å². The molecule has 0 saturated carbocycles. The minimum Gasteiger partial charge on any atom is -0.314 e. The highest BCUT2D eigenvalue weighted by atomic mass is 14.9. The third-order valence-corrected chi connectivity index (χ3v) is 2.90. The average Bonchev–Trinajstić information content (AvgIpc) is 2.21. The van der Waals surface area contributed by atoms with E-state index in [4.69, 9.17) is 0 Å². The fourth-order valence-electron chi connectivity index (χ4n) is 1.94. The van der Waals surface area contributed by atoms with E-state index in [1.54, 1.807) is 0 Å². The Balaban J connectivity index is 2.63. The van der Waals surface area contributed by atoms with E-state index in [1.807, 2.05) is 0 Å². The Labute approximate surface area is 93.9 Å². The first kappa shape index (κ1) is 12.3. The van der Waals surface area contributed by atoms with E-state index in [1.165, 1.54) is 23.1 Å². The Kier molecular flexibility index (Phi) is 4.83. The minimum atomic E-state index is 0.574. The van der Waals surface area contributed by atoms with Crippen molar-refractivity contribution >= 4 is 0 Å².